The lowest BCUT2D eigenvalue weighted by Crippen LogP contribution is -2.14. The predicted molar refractivity (Wildman–Crippen MR) is 86.1 cm³/mol. The molecule has 0 aliphatic carbocycles. The van der Waals surface area contributed by atoms with Crippen LogP contribution in [0.2, 0.25) is 0 Å². The molecule has 0 amide bonds. The van der Waals surface area contributed by atoms with Crippen molar-refractivity contribution in [1.29, 1.82) is 0 Å². The number of nitrogens with zero attached hydrogens (tertiary/aromatic N) is 1. The highest BCUT2D eigenvalue weighted by molar-refractivity contribution is 7.81. The van der Waals surface area contributed by atoms with Crippen LogP contribution in [0.15, 0.2) is 36.5 Å². The molecule has 114 valence electrons. The normalized spacial score (nSPS) is 9.91. The maximum absolute atomic E-state index is 11.2. The van der Waals surface area contributed by atoms with Crippen molar-refractivity contribution in [3.8, 4) is 11.6 Å². The van der Waals surface area contributed by atoms with E-state index in [0.717, 1.165) is 0 Å². The van der Waals surface area contributed by atoms with E-state index in [1.807, 2.05) is 0 Å². The Bertz CT molecular complexity index is 718. The predicted octanol–water partition coefficient (Wildman–Crippen LogP) is 2.58. The number of hydrogen-bond acceptors (Lipinski definition) is 5. The van der Waals surface area contributed by atoms with Crippen molar-refractivity contribution in [1.82, 2.24) is 4.98 Å². The summed E-state index contributed by atoms with van der Waals surface area (Å²) in [6.07, 6.45) is 1.53. The Morgan fingerprint density at radius 3 is 2.64 bits per heavy atom. The zero-order valence-electron chi connectivity index (χ0n) is 12.0. The Morgan fingerprint density at radius 1 is 1.27 bits per heavy atom. The van der Waals surface area contributed by atoms with E-state index in [1.54, 1.807) is 24.3 Å². The van der Waals surface area contributed by atoms with Crippen molar-refractivity contribution < 1.29 is 19.4 Å². The molecule has 0 bridgehead atoms. The van der Waals surface area contributed by atoms with Gasteiger partial charge in [-0.1, -0.05) is 24.4 Å². The highest BCUT2D eigenvalue weighted by atomic mass is 32.1. The molecule has 2 rings (SSSR count). The first-order valence-corrected chi connectivity index (χ1v) is 6.69. The van der Waals surface area contributed by atoms with E-state index < -0.39 is 5.97 Å². The first-order valence-electron chi connectivity index (χ1n) is 6.28. The summed E-state index contributed by atoms with van der Waals surface area (Å²) < 4.78 is 10.2. The maximum atomic E-state index is 11.2. The van der Waals surface area contributed by atoms with Crippen molar-refractivity contribution in [2.75, 3.05) is 19.5 Å². The molecule has 0 radical (unpaired) electrons. The molecular weight excluding hydrogens is 304 g/mol. The Balaban J connectivity index is 2.28. The van der Waals surface area contributed by atoms with Crippen LogP contribution in [0.3, 0.4) is 0 Å². The van der Waals surface area contributed by atoms with E-state index in [4.69, 9.17) is 26.8 Å². The van der Waals surface area contributed by atoms with E-state index in [0.29, 0.717) is 27.9 Å². The summed E-state index contributed by atoms with van der Waals surface area (Å²) in [5.41, 5.74) is 1.14. The smallest absolute Gasteiger partial charge is 0.337 e. The van der Waals surface area contributed by atoms with Crippen LogP contribution < -0.4 is 14.8 Å². The lowest BCUT2D eigenvalue weighted by atomic mass is 10.1. The second-order valence-corrected chi connectivity index (χ2v) is 4.65. The fraction of sp³-hybridized carbons (Fsp3) is 0.133. The third-order valence-corrected chi connectivity index (χ3v) is 3.24. The first-order chi connectivity index (χ1) is 10.6. The zero-order valence-corrected chi connectivity index (χ0v) is 12.8. The van der Waals surface area contributed by atoms with Crippen molar-refractivity contribution >= 4 is 28.9 Å². The summed E-state index contributed by atoms with van der Waals surface area (Å²) in [6.45, 7) is 0. The van der Waals surface area contributed by atoms with Crippen molar-refractivity contribution in [2.45, 2.75) is 0 Å². The third kappa shape index (κ3) is 3.32. The van der Waals surface area contributed by atoms with Gasteiger partial charge >= 0.3 is 5.97 Å². The number of para-hydroxylation sites is 1. The average molecular weight is 318 g/mol. The number of aromatic carboxylic acids is 1. The summed E-state index contributed by atoms with van der Waals surface area (Å²) in [4.78, 5) is 15.6. The SMILES string of the molecule is COc1cc(C(=S)Nc2ccccc2C(=O)O)cnc1OC. The van der Waals surface area contributed by atoms with Crippen LogP contribution in [0.4, 0.5) is 5.69 Å². The van der Waals surface area contributed by atoms with E-state index in [9.17, 15) is 4.79 Å². The minimum absolute atomic E-state index is 0.137. The zero-order chi connectivity index (χ0) is 16.1. The van der Waals surface area contributed by atoms with Crippen molar-refractivity contribution in [3.63, 3.8) is 0 Å². The highest BCUT2D eigenvalue weighted by Gasteiger charge is 2.13. The molecule has 2 N–H and O–H groups in total. The van der Waals surface area contributed by atoms with Crippen molar-refractivity contribution in [2.24, 2.45) is 0 Å². The number of methoxy groups -OCH3 is 2. The Kier molecular flexibility index (Phi) is 4.90. The number of pyridine rings is 1. The number of hydrogen-bond donors (Lipinski definition) is 2. The standard InChI is InChI=1S/C15H14N2O4S/c1-20-12-7-9(8-16-13(12)21-2)14(22)17-11-6-4-3-5-10(11)15(18)19/h3-8H,1-2H3,(H,17,22)(H,18,19). The number of ether oxygens (including phenoxy) is 2. The summed E-state index contributed by atoms with van der Waals surface area (Å²) >= 11 is 5.30. The van der Waals surface area contributed by atoms with E-state index >= 15 is 0 Å². The fourth-order valence-electron chi connectivity index (χ4n) is 1.83. The highest BCUT2D eigenvalue weighted by Crippen LogP contribution is 2.25. The summed E-state index contributed by atoms with van der Waals surface area (Å²) in [7, 11) is 2.99. The molecule has 0 saturated heterocycles. The number of carboxylic acid groups (broad SMARTS) is 1. The Labute approximate surface area is 132 Å². The molecule has 7 heteroatoms. The largest absolute Gasteiger partial charge is 0.491 e. The van der Waals surface area contributed by atoms with Crippen LogP contribution in [0.1, 0.15) is 15.9 Å². The Morgan fingerprint density at radius 2 is 2.00 bits per heavy atom. The molecule has 0 unspecified atom stereocenters. The number of aromatic nitrogens is 1. The molecule has 1 aromatic carbocycles. The van der Waals surface area contributed by atoms with Crippen molar-refractivity contribution in [3.05, 3.63) is 47.7 Å². The summed E-state index contributed by atoms with van der Waals surface area (Å²) in [5, 5.41) is 12.1. The minimum atomic E-state index is -1.03. The molecule has 0 atom stereocenters. The van der Waals surface area contributed by atoms with Crippen LogP contribution in [0.25, 0.3) is 0 Å². The lowest BCUT2D eigenvalue weighted by Gasteiger charge is -2.12. The maximum Gasteiger partial charge on any atom is 0.337 e. The topological polar surface area (TPSA) is 80.7 Å². The van der Waals surface area contributed by atoms with Gasteiger partial charge in [-0.05, 0) is 18.2 Å². The summed E-state index contributed by atoms with van der Waals surface area (Å²) in [6, 6.07) is 8.19. The van der Waals surface area contributed by atoms with Gasteiger partial charge in [0.1, 0.15) is 4.99 Å². The molecule has 0 aliphatic rings. The van der Waals surface area contributed by atoms with Gasteiger partial charge in [0, 0.05) is 11.8 Å². The Hall–Kier alpha value is -2.67. The third-order valence-electron chi connectivity index (χ3n) is 2.90. The van der Waals surface area contributed by atoms with Gasteiger partial charge in [0.15, 0.2) is 5.75 Å². The number of benzene rings is 1. The van der Waals surface area contributed by atoms with Gasteiger partial charge in [-0.25, -0.2) is 9.78 Å². The quantitative estimate of drug-likeness (QED) is 0.820. The molecule has 2 aromatic rings. The van der Waals surface area contributed by atoms with Gasteiger partial charge in [0.2, 0.25) is 0 Å². The van der Waals surface area contributed by atoms with Gasteiger partial charge in [-0.3, -0.25) is 0 Å². The molecule has 1 aromatic heterocycles. The van der Waals surface area contributed by atoms with Crippen LogP contribution in [-0.2, 0) is 0 Å². The first kappa shape index (κ1) is 15.7. The van der Waals surface area contributed by atoms with Gasteiger partial charge in [0.25, 0.3) is 5.88 Å². The number of rotatable bonds is 5. The minimum Gasteiger partial charge on any atom is -0.491 e. The number of carbonyl (C=O) groups is 1. The van der Waals surface area contributed by atoms with Gasteiger partial charge in [-0.15, -0.1) is 0 Å². The van der Waals surface area contributed by atoms with E-state index in [1.165, 1.54) is 26.5 Å². The van der Waals surface area contributed by atoms with E-state index in [-0.39, 0.29) is 5.56 Å². The second-order valence-electron chi connectivity index (χ2n) is 4.24. The number of nitrogens with one attached hydrogen (secondary N) is 1. The van der Waals surface area contributed by atoms with Gasteiger partial charge in [0.05, 0.1) is 25.5 Å². The molecule has 0 fully saturated rings. The molecule has 0 spiro atoms. The molecule has 1 heterocycles. The van der Waals surface area contributed by atoms with Gasteiger partial charge < -0.3 is 19.9 Å². The van der Waals surface area contributed by atoms with Crippen LogP contribution >= 0.6 is 12.2 Å². The van der Waals surface area contributed by atoms with Crippen LogP contribution in [-0.4, -0.2) is 35.3 Å². The summed E-state index contributed by atoms with van der Waals surface area (Å²) in [5.74, 6) is -0.244. The van der Waals surface area contributed by atoms with Gasteiger partial charge in [-0.2, -0.15) is 0 Å². The van der Waals surface area contributed by atoms with Crippen LogP contribution in [0.5, 0.6) is 11.6 Å². The number of anilines is 1. The second kappa shape index (κ2) is 6.86. The average Bonchev–Trinajstić information content (AvgIpc) is 2.54. The monoisotopic (exact) mass is 318 g/mol. The number of thiocarbonyl (C=S) groups is 1. The number of carboxylic acids is 1. The fourth-order valence-corrected chi connectivity index (χ4v) is 2.05. The molecule has 0 aliphatic heterocycles. The molecule has 0 saturated carbocycles. The molecule has 6 nitrogen and oxygen atoms in total. The van der Waals surface area contributed by atoms with E-state index in [2.05, 4.69) is 10.3 Å². The molecular formula is C15H14N2O4S. The molecule has 22 heavy (non-hydrogen) atoms. The lowest BCUT2D eigenvalue weighted by molar-refractivity contribution is 0.0698. The van der Waals surface area contributed by atoms with Crippen LogP contribution in [0, 0.1) is 0 Å².